The molecule has 1 aromatic rings. The van der Waals surface area contributed by atoms with Crippen molar-refractivity contribution in [2.75, 3.05) is 6.54 Å². The number of piperidine rings is 1. The highest BCUT2D eigenvalue weighted by Gasteiger charge is 2.20. The molecule has 2 rings (SSSR count). The maximum absolute atomic E-state index is 11.2. The van der Waals surface area contributed by atoms with Crippen molar-refractivity contribution >= 4 is 5.91 Å². The Labute approximate surface area is 88.9 Å². The molecule has 1 aliphatic heterocycles. The van der Waals surface area contributed by atoms with Crippen LogP contribution in [0.1, 0.15) is 34.9 Å². The number of aromatic nitrogens is 1. The van der Waals surface area contributed by atoms with Crippen molar-refractivity contribution in [3.05, 3.63) is 36.0 Å². The lowest BCUT2D eigenvalue weighted by Crippen LogP contribution is -2.30. The number of carbonyl (C=O) groups excluding carboxylic acids is 1. The van der Waals surface area contributed by atoms with E-state index in [1.807, 2.05) is 0 Å². The maximum atomic E-state index is 11.2. The molecular weight excluding hydrogens is 190 g/mol. The second-order valence-electron chi connectivity index (χ2n) is 3.51. The topological polar surface area (TPSA) is 68.0 Å². The van der Waals surface area contributed by atoms with Gasteiger partial charge in [0.1, 0.15) is 0 Å². The molecule has 3 N–H and O–H groups in total. The van der Waals surface area contributed by atoms with Crippen LogP contribution in [0, 0.1) is 6.42 Å². The molecule has 0 bridgehead atoms. The smallest absolute Gasteiger partial charge is 0.250 e. The zero-order chi connectivity index (χ0) is 10.7. The van der Waals surface area contributed by atoms with Gasteiger partial charge in [-0.2, -0.15) is 0 Å². The van der Waals surface area contributed by atoms with Gasteiger partial charge in [-0.3, -0.25) is 9.78 Å². The lowest BCUT2D eigenvalue weighted by Gasteiger charge is -2.23. The van der Waals surface area contributed by atoms with Crippen LogP contribution in [0.3, 0.4) is 0 Å². The van der Waals surface area contributed by atoms with E-state index in [-0.39, 0.29) is 6.04 Å². The van der Waals surface area contributed by atoms with Crippen LogP contribution in [-0.2, 0) is 0 Å². The van der Waals surface area contributed by atoms with Crippen LogP contribution in [0.25, 0.3) is 0 Å². The lowest BCUT2D eigenvalue weighted by atomic mass is 9.98. The lowest BCUT2D eigenvalue weighted by molar-refractivity contribution is 0.0998. The first-order valence-electron chi connectivity index (χ1n) is 4.98. The summed E-state index contributed by atoms with van der Waals surface area (Å²) in [7, 11) is 0. The van der Waals surface area contributed by atoms with E-state index >= 15 is 0 Å². The average Bonchev–Trinajstić information content (AvgIpc) is 2.30. The van der Waals surface area contributed by atoms with Gasteiger partial charge in [0.2, 0.25) is 0 Å². The Balaban J connectivity index is 2.29. The summed E-state index contributed by atoms with van der Waals surface area (Å²) >= 11 is 0. The van der Waals surface area contributed by atoms with E-state index in [2.05, 4.69) is 16.7 Å². The zero-order valence-corrected chi connectivity index (χ0v) is 8.36. The van der Waals surface area contributed by atoms with E-state index in [1.54, 1.807) is 18.3 Å². The van der Waals surface area contributed by atoms with Crippen molar-refractivity contribution in [1.29, 1.82) is 0 Å². The van der Waals surface area contributed by atoms with Crippen molar-refractivity contribution in [2.45, 2.75) is 18.9 Å². The van der Waals surface area contributed by atoms with Crippen molar-refractivity contribution in [2.24, 2.45) is 5.73 Å². The second-order valence-corrected chi connectivity index (χ2v) is 3.51. The molecule has 0 saturated carbocycles. The first kappa shape index (κ1) is 10.1. The summed E-state index contributed by atoms with van der Waals surface area (Å²) in [6.07, 6.45) is 6.64. The number of nitrogens with two attached hydrogens (primary N) is 1. The van der Waals surface area contributed by atoms with Crippen LogP contribution in [0.15, 0.2) is 18.3 Å². The van der Waals surface area contributed by atoms with Gasteiger partial charge in [0.15, 0.2) is 0 Å². The molecule has 1 aromatic heterocycles. The fourth-order valence-electron chi connectivity index (χ4n) is 1.75. The Morgan fingerprint density at radius 3 is 3.20 bits per heavy atom. The van der Waals surface area contributed by atoms with Crippen LogP contribution in [0.2, 0.25) is 0 Å². The molecule has 4 nitrogen and oxygen atoms in total. The highest BCUT2D eigenvalue weighted by molar-refractivity contribution is 5.94. The summed E-state index contributed by atoms with van der Waals surface area (Å²) in [4.78, 5) is 15.4. The summed E-state index contributed by atoms with van der Waals surface area (Å²) in [5, 5.41) is 3.30. The van der Waals surface area contributed by atoms with Crippen LogP contribution >= 0.6 is 0 Å². The Hall–Kier alpha value is -1.42. The Morgan fingerprint density at radius 2 is 2.53 bits per heavy atom. The van der Waals surface area contributed by atoms with Crippen molar-refractivity contribution in [1.82, 2.24) is 10.3 Å². The molecule has 4 heteroatoms. The Bertz CT molecular complexity index is 359. The third-order valence-corrected chi connectivity index (χ3v) is 2.48. The molecule has 78 valence electrons. The molecule has 15 heavy (non-hydrogen) atoms. The first-order chi connectivity index (χ1) is 7.29. The van der Waals surface area contributed by atoms with E-state index < -0.39 is 5.91 Å². The number of primary amides is 1. The summed E-state index contributed by atoms with van der Waals surface area (Å²) in [6, 6.07) is 3.50. The van der Waals surface area contributed by atoms with Crippen LogP contribution in [-0.4, -0.2) is 17.4 Å². The van der Waals surface area contributed by atoms with Crippen LogP contribution in [0.5, 0.6) is 0 Å². The molecule has 0 spiro atoms. The average molecular weight is 203 g/mol. The number of hydrogen-bond acceptors (Lipinski definition) is 3. The number of rotatable bonds is 2. The SMILES string of the molecule is NC(=O)c1cccnc1C1C[C]CCN1. The Kier molecular flexibility index (Phi) is 2.97. The number of amides is 1. The molecule has 1 saturated heterocycles. The minimum absolute atomic E-state index is 0.0717. The van der Waals surface area contributed by atoms with Gasteiger partial charge in [0.25, 0.3) is 5.91 Å². The number of nitrogens with one attached hydrogen (secondary N) is 1. The van der Waals surface area contributed by atoms with E-state index in [4.69, 9.17) is 5.73 Å². The largest absolute Gasteiger partial charge is 0.366 e. The minimum atomic E-state index is -0.425. The summed E-state index contributed by atoms with van der Waals surface area (Å²) in [6.45, 7) is 0.874. The fourth-order valence-corrected chi connectivity index (χ4v) is 1.75. The normalized spacial score (nSPS) is 21.2. The predicted octanol–water partition coefficient (Wildman–Crippen LogP) is 0.686. The van der Waals surface area contributed by atoms with Gasteiger partial charge >= 0.3 is 0 Å². The molecule has 1 amide bonds. The zero-order valence-electron chi connectivity index (χ0n) is 8.36. The summed E-state index contributed by atoms with van der Waals surface area (Å²) in [5.74, 6) is -0.425. The monoisotopic (exact) mass is 203 g/mol. The van der Waals surface area contributed by atoms with Gasteiger partial charge in [-0.25, -0.2) is 0 Å². The number of hydrogen-bond donors (Lipinski definition) is 2. The second kappa shape index (κ2) is 4.40. The first-order valence-corrected chi connectivity index (χ1v) is 4.98. The number of nitrogens with zero attached hydrogens (tertiary/aromatic N) is 1. The van der Waals surface area contributed by atoms with Crippen molar-refractivity contribution in [3.8, 4) is 0 Å². The third-order valence-electron chi connectivity index (χ3n) is 2.48. The molecule has 2 radical (unpaired) electrons. The number of pyridine rings is 1. The molecule has 1 fully saturated rings. The van der Waals surface area contributed by atoms with E-state index in [9.17, 15) is 4.79 Å². The molecule has 0 aliphatic carbocycles. The minimum Gasteiger partial charge on any atom is -0.366 e. The van der Waals surface area contributed by atoms with Gasteiger partial charge in [-0.15, -0.1) is 0 Å². The number of carbonyl (C=O) groups is 1. The highest BCUT2D eigenvalue weighted by atomic mass is 16.1. The molecule has 2 heterocycles. The van der Waals surface area contributed by atoms with E-state index in [1.165, 1.54) is 0 Å². The molecular formula is C11H13N3O. The molecule has 1 unspecified atom stereocenters. The Morgan fingerprint density at radius 1 is 1.67 bits per heavy atom. The predicted molar refractivity (Wildman–Crippen MR) is 56.0 cm³/mol. The third kappa shape index (κ3) is 2.15. The van der Waals surface area contributed by atoms with Gasteiger partial charge in [-0.05, 0) is 37.9 Å². The van der Waals surface area contributed by atoms with E-state index in [0.29, 0.717) is 5.56 Å². The van der Waals surface area contributed by atoms with Gasteiger partial charge < -0.3 is 11.1 Å². The van der Waals surface area contributed by atoms with Gasteiger partial charge in [0, 0.05) is 6.20 Å². The summed E-state index contributed by atoms with van der Waals surface area (Å²) in [5.41, 5.74) is 6.53. The molecule has 1 atom stereocenters. The standard InChI is InChI=1S/C11H13N3O/c12-11(15)8-4-3-7-14-10(8)9-5-1-2-6-13-9/h3-4,7,9,13H,2,5-6H2,(H2,12,15). The quantitative estimate of drug-likeness (QED) is 0.743. The van der Waals surface area contributed by atoms with Gasteiger partial charge in [0.05, 0.1) is 17.3 Å². The van der Waals surface area contributed by atoms with Gasteiger partial charge in [-0.1, -0.05) is 0 Å². The molecule has 0 aromatic carbocycles. The molecule has 1 aliphatic rings. The van der Waals surface area contributed by atoms with Crippen molar-refractivity contribution in [3.63, 3.8) is 0 Å². The van der Waals surface area contributed by atoms with Crippen LogP contribution in [0.4, 0.5) is 0 Å². The van der Waals surface area contributed by atoms with Crippen LogP contribution < -0.4 is 11.1 Å². The van der Waals surface area contributed by atoms with E-state index in [0.717, 1.165) is 25.1 Å². The highest BCUT2D eigenvalue weighted by Crippen LogP contribution is 2.22. The summed E-state index contributed by atoms with van der Waals surface area (Å²) < 4.78 is 0. The van der Waals surface area contributed by atoms with Crippen molar-refractivity contribution < 1.29 is 4.79 Å². The fraction of sp³-hybridized carbons (Fsp3) is 0.364. The maximum Gasteiger partial charge on any atom is 0.250 e.